The van der Waals surface area contributed by atoms with E-state index in [1.54, 1.807) is 11.3 Å². The van der Waals surface area contributed by atoms with E-state index in [2.05, 4.69) is 41.9 Å². The third-order valence-corrected chi connectivity index (χ3v) is 4.89. The average Bonchev–Trinajstić information content (AvgIpc) is 3.01. The number of thiazole rings is 1. The van der Waals surface area contributed by atoms with Gasteiger partial charge in [0.2, 0.25) is 5.91 Å². The Kier molecular flexibility index (Phi) is 8.06. The van der Waals surface area contributed by atoms with Gasteiger partial charge >= 0.3 is 0 Å². The highest BCUT2D eigenvalue weighted by atomic mass is 79.9. The molecule has 0 atom stereocenters. The molecular weight excluding hydrogens is 414 g/mol. The largest absolute Gasteiger partial charge is 0.357 e. The Bertz CT molecular complexity index is 775. The van der Waals surface area contributed by atoms with Gasteiger partial charge in [-0.2, -0.15) is 0 Å². The lowest BCUT2D eigenvalue weighted by Crippen LogP contribution is -2.38. The summed E-state index contributed by atoms with van der Waals surface area (Å²) in [5, 5.41) is 10.3. The smallest absolute Gasteiger partial charge is 0.226 e. The Hall–Kier alpha value is -1.93. The fourth-order valence-electron chi connectivity index (χ4n) is 2.20. The summed E-state index contributed by atoms with van der Waals surface area (Å²) >= 11 is 5.06. The summed E-state index contributed by atoms with van der Waals surface area (Å²) in [6.45, 7) is 7.79. The number of aliphatic imine (C=N–C) groups is 1. The van der Waals surface area contributed by atoms with E-state index in [-0.39, 0.29) is 5.91 Å². The second kappa shape index (κ2) is 10.3. The van der Waals surface area contributed by atoms with E-state index < -0.39 is 0 Å². The lowest BCUT2D eigenvalue weighted by atomic mass is 10.2. The molecule has 8 heteroatoms. The van der Waals surface area contributed by atoms with Crippen molar-refractivity contribution in [3.8, 4) is 0 Å². The summed E-state index contributed by atoms with van der Waals surface area (Å²) in [7, 11) is 0. The van der Waals surface area contributed by atoms with Crippen LogP contribution in [0.5, 0.6) is 0 Å². The Morgan fingerprint density at radius 1 is 1.31 bits per heavy atom. The predicted molar refractivity (Wildman–Crippen MR) is 112 cm³/mol. The second-order valence-electron chi connectivity index (χ2n) is 5.74. The molecule has 1 amide bonds. The minimum absolute atomic E-state index is 0.0369. The number of hydrogen-bond acceptors (Lipinski definition) is 4. The van der Waals surface area contributed by atoms with Crippen molar-refractivity contribution in [2.75, 3.05) is 18.4 Å². The number of amides is 1. The minimum atomic E-state index is -0.0369. The first-order valence-electron chi connectivity index (χ1n) is 8.47. The van der Waals surface area contributed by atoms with Crippen LogP contribution in [0.25, 0.3) is 0 Å². The molecule has 0 unspecified atom stereocenters. The fourth-order valence-corrected chi connectivity index (χ4v) is 3.27. The van der Waals surface area contributed by atoms with Crippen LogP contribution in [0, 0.1) is 13.8 Å². The van der Waals surface area contributed by atoms with Crippen molar-refractivity contribution < 1.29 is 4.79 Å². The monoisotopic (exact) mass is 437 g/mol. The van der Waals surface area contributed by atoms with Gasteiger partial charge in [0.25, 0.3) is 0 Å². The molecule has 2 rings (SSSR count). The normalized spacial score (nSPS) is 11.3. The van der Waals surface area contributed by atoms with Crippen molar-refractivity contribution in [2.45, 2.75) is 33.7 Å². The van der Waals surface area contributed by atoms with Gasteiger partial charge in [-0.1, -0.05) is 22.0 Å². The average molecular weight is 438 g/mol. The number of aryl methyl sites for hydroxylation is 2. The number of nitrogens with one attached hydrogen (secondary N) is 3. The van der Waals surface area contributed by atoms with Gasteiger partial charge in [-0.15, -0.1) is 11.3 Å². The second-order valence-corrected chi connectivity index (χ2v) is 7.98. The number of rotatable bonds is 7. The van der Waals surface area contributed by atoms with Crippen LogP contribution < -0.4 is 16.0 Å². The zero-order chi connectivity index (χ0) is 18.9. The lowest BCUT2D eigenvalue weighted by Gasteiger charge is -2.12. The van der Waals surface area contributed by atoms with Gasteiger partial charge < -0.3 is 16.0 Å². The van der Waals surface area contributed by atoms with Crippen LogP contribution in [0.1, 0.15) is 28.8 Å². The number of hydrogen-bond donors (Lipinski definition) is 3. The van der Waals surface area contributed by atoms with E-state index in [1.165, 1.54) is 4.88 Å². The van der Waals surface area contributed by atoms with Crippen LogP contribution in [0.15, 0.2) is 33.9 Å². The zero-order valence-corrected chi connectivity index (χ0v) is 17.6. The van der Waals surface area contributed by atoms with E-state index in [0.29, 0.717) is 25.5 Å². The molecule has 2 aromatic rings. The van der Waals surface area contributed by atoms with Crippen molar-refractivity contribution in [1.82, 2.24) is 15.6 Å². The zero-order valence-electron chi connectivity index (χ0n) is 15.2. The SMILES string of the molecule is CCNC(=NCc1ncc(C)s1)NCCC(=O)Nc1cc(Br)ccc1C. The van der Waals surface area contributed by atoms with Crippen molar-refractivity contribution >= 4 is 44.8 Å². The maximum Gasteiger partial charge on any atom is 0.226 e. The number of anilines is 1. The highest BCUT2D eigenvalue weighted by Gasteiger charge is 2.06. The molecule has 0 aliphatic carbocycles. The highest BCUT2D eigenvalue weighted by Crippen LogP contribution is 2.20. The molecule has 0 radical (unpaired) electrons. The molecule has 1 heterocycles. The number of benzene rings is 1. The minimum Gasteiger partial charge on any atom is -0.357 e. The van der Waals surface area contributed by atoms with Crippen LogP contribution in [-0.2, 0) is 11.3 Å². The van der Waals surface area contributed by atoms with E-state index in [1.807, 2.05) is 45.2 Å². The number of guanidine groups is 1. The molecule has 0 spiro atoms. The van der Waals surface area contributed by atoms with Gasteiger partial charge in [0.1, 0.15) is 5.01 Å². The van der Waals surface area contributed by atoms with Crippen LogP contribution >= 0.6 is 27.3 Å². The van der Waals surface area contributed by atoms with Gasteiger partial charge in [-0.3, -0.25) is 4.79 Å². The van der Waals surface area contributed by atoms with Crippen LogP contribution in [-0.4, -0.2) is 29.9 Å². The van der Waals surface area contributed by atoms with E-state index >= 15 is 0 Å². The molecule has 1 aromatic heterocycles. The van der Waals surface area contributed by atoms with Crippen molar-refractivity contribution in [3.63, 3.8) is 0 Å². The topological polar surface area (TPSA) is 78.4 Å². The number of nitrogens with zero attached hydrogens (tertiary/aromatic N) is 2. The first-order chi connectivity index (χ1) is 12.5. The molecule has 1 aromatic carbocycles. The van der Waals surface area contributed by atoms with Crippen molar-refractivity contribution in [1.29, 1.82) is 0 Å². The lowest BCUT2D eigenvalue weighted by molar-refractivity contribution is -0.116. The Balaban J connectivity index is 1.82. The molecule has 0 aliphatic heterocycles. The van der Waals surface area contributed by atoms with Gasteiger partial charge in [-0.25, -0.2) is 9.98 Å². The van der Waals surface area contributed by atoms with Gasteiger partial charge in [0, 0.05) is 40.7 Å². The molecule has 6 nitrogen and oxygen atoms in total. The molecule has 0 saturated carbocycles. The quantitative estimate of drug-likeness (QED) is 0.456. The molecule has 0 bridgehead atoms. The number of halogens is 1. The summed E-state index contributed by atoms with van der Waals surface area (Å²) in [4.78, 5) is 22.2. The van der Waals surface area contributed by atoms with E-state index in [4.69, 9.17) is 0 Å². The summed E-state index contributed by atoms with van der Waals surface area (Å²) in [6.07, 6.45) is 2.21. The van der Waals surface area contributed by atoms with Crippen LogP contribution in [0.4, 0.5) is 5.69 Å². The summed E-state index contributed by atoms with van der Waals surface area (Å²) in [5.74, 6) is 0.650. The maximum atomic E-state index is 12.2. The fraction of sp³-hybridized carbons (Fsp3) is 0.389. The molecule has 0 fully saturated rings. The number of carbonyl (C=O) groups excluding carboxylic acids is 1. The molecule has 26 heavy (non-hydrogen) atoms. The van der Waals surface area contributed by atoms with E-state index in [9.17, 15) is 4.79 Å². The van der Waals surface area contributed by atoms with Crippen molar-refractivity contribution in [3.05, 3.63) is 44.3 Å². The van der Waals surface area contributed by atoms with Crippen molar-refractivity contribution in [2.24, 2.45) is 4.99 Å². The Morgan fingerprint density at radius 3 is 2.81 bits per heavy atom. The number of carbonyl (C=O) groups is 1. The molecular formula is C18H24BrN5OS. The predicted octanol–water partition coefficient (Wildman–Crippen LogP) is 3.61. The summed E-state index contributed by atoms with van der Waals surface area (Å²) < 4.78 is 0.940. The first kappa shape index (κ1) is 20.4. The Labute approximate surface area is 166 Å². The van der Waals surface area contributed by atoms with Crippen LogP contribution in [0.3, 0.4) is 0 Å². The Morgan fingerprint density at radius 2 is 2.12 bits per heavy atom. The van der Waals surface area contributed by atoms with Gasteiger partial charge in [0.15, 0.2) is 5.96 Å². The highest BCUT2D eigenvalue weighted by molar-refractivity contribution is 9.10. The standard InChI is InChI=1S/C18H24BrN5OS/c1-4-20-18(23-11-17-22-10-13(3)26-17)21-8-7-16(25)24-15-9-14(19)6-5-12(15)2/h5-6,9-10H,4,7-8,11H2,1-3H3,(H,24,25)(H2,20,21,23). The maximum absolute atomic E-state index is 12.2. The van der Waals surface area contributed by atoms with Crippen LogP contribution in [0.2, 0.25) is 0 Å². The summed E-state index contributed by atoms with van der Waals surface area (Å²) in [5.41, 5.74) is 1.85. The third kappa shape index (κ3) is 6.76. The molecule has 0 saturated heterocycles. The molecule has 140 valence electrons. The van der Waals surface area contributed by atoms with Gasteiger partial charge in [0.05, 0.1) is 6.54 Å². The molecule has 3 N–H and O–H groups in total. The number of aromatic nitrogens is 1. The van der Waals surface area contributed by atoms with E-state index in [0.717, 1.165) is 27.3 Å². The molecule has 0 aliphatic rings. The third-order valence-electron chi connectivity index (χ3n) is 3.50. The van der Waals surface area contributed by atoms with Gasteiger partial charge in [-0.05, 0) is 38.5 Å². The summed E-state index contributed by atoms with van der Waals surface area (Å²) in [6, 6.07) is 5.83. The first-order valence-corrected chi connectivity index (χ1v) is 10.1.